The minimum atomic E-state index is -1.59. The summed E-state index contributed by atoms with van der Waals surface area (Å²) < 4.78 is 12.3. The van der Waals surface area contributed by atoms with E-state index in [1.165, 1.54) is 15.8 Å². The highest BCUT2D eigenvalue weighted by Gasteiger charge is 2.49. The number of rotatable bonds is 11. The molecule has 0 unspecified atom stereocenters. The fourth-order valence-corrected chi connectivity index (χ4v) is 7.57. The lowest BCUT2D eigenvalue weighted by molar-refractivity contribution is -0.147. The van der Waals surface area contributed by atoms with Crippen LogP contribution < -0.4 is 16.4 Å². The summed E-state index contributed by atoms with van der Waals surface area (Å²) in [5.74, 6) is -3.70. The van der Waals surface area contributed by atoms with Gasteiger partial charge in [-0.25, -0.2) is 4.68 Å². The normalized spacial score (nSPS) is 21.9. The summed E-state index contributed by atoms with van der Waals surface area (Å²) in [6.07, 6.45) is 6.79. The van der Waals surface area contributed by atoms with Crippen molar-refractivity contribution in [3.8, 4) is 0 Å². The standard InChI is InChI=1S/C34H44N8O8/c1-33(2,48)26-18-36-40-42(26)21-17-24(30(45)38-34(28(43)29(35)44)12-14-49-15-13-34)41(19-21)32(47)23(16-20-8-4-3-5-9-20)37-31(46)27-22-10-6-7-11-25(22)50-39-27/h6-7,10-11,18,20-21,23-24,48H,3-5,8-9,12-17,19H2,1-2H3,(H2,35,44)(H,37,46)(H,38,45)/t21-,23+,24-/m0/s1. The number of likely N-dealkylation sites (tertiary alicyclic amines) is 1. The van der Waals surface area contributed by atoms with E-state index in [4.69, 9.17) is 15.0 Å². The third kappa shape index (κ3) is 7.12. The first-order chi connectivity index (χ1) is 23.9. The molecule has 16 heteroatoms. The highest BCUT2D eigenvalue weighted by Crippen LogP contribution is 2.34. The van der Waals surface area contributed by atoms with Gasteiger partial charge >= 0.3 is 0 Å². The van der Waals surface area contributed by atoms with Crippen molar-refractivity contribution >= 4 is 40.4 Å². The number of fused-ring (bicyclic) bond motifs is 1. The number of carbonyl (C=O) groups is 5. The summed E-state index contributed by atoms with van der Waals surface area (Å²) in [6.45, 7) is 3.40. The fraction of sp³-hybridized carbons (Fsp3) is 0.588. The van der Waals surface area contributed by atoms with Gasteiger partial charge in [0.2, 0.25) is 17.6 Å². The predicted molar refractivity (Wildman–Crippen MR) is 176 cm³/mol. The van der Waals surface area contributed by atoms with E-state index in [1.807, 2.05) is 0 Å². The van der Waals surface area contributed by atoms with Gasteiger partial charge in [0.05, 0.1) is 23.3 Å². The third-order valence-corrected chi connectivity index (χ3v) is 10.3. The Balaban J connectivity index is 1.34. The molecule has 0 spiro atoms. The highest BCUT2D eigenvalue weighted by molar-refractivity contribution is 6.39. The molecule has 1 aromatic carbocycles. The zero-order valence-electron chi connectivity index (χ0n) is 28.3. The van der Waals surface area contributed by atoms with E-state index in [9.17, 15) is 29.1 Å². The molecule has 16 nitrogen and oxygen atoms in total. The van der Waals surface area contributed by atoms with Gasteiger partial charge in [0, 0.05) is 39.0 Å². The topological polar surface area (TPSA) is 225 Å². The molecular weight excluding hydrogens is 648 g/mol. The minimum Gasteiger partial charge on any atom is -0.384 e. The molecule has 4 heterocycles. The maximum atomic E-state index is 14.7. The van der Waals surface area contributed by atoms with Crippen molar-refractivity contribution in [2.75, 3.05) is 19.8 Å². The average Bonchev–Trinajstić information content (AvgIpc) is 3.87. The molecule has 2 aromatic heterocycles. The zero-order chi connectivity index (χ0) is 35.6. The van der Waals surface area contributed by atoms with Crippen LogP contribution in [0.3, 0.4) is 0 Å². The van der Waals surface area contributed by atoms with Crippen molar-refractivity contribution in [3.05, 3.63) is 41.9 Å². The number of benzene rings is 1. The quantitative estimate of drug-likeness (QED) is 0.209. The molecule has 3 fully saturated rings. The van der Waals surface area contributed by atoms with Gasteiger partial charge in [-0.3, -0.25) is 24.0 Å². The van der Waals surface area contributed by atoms with Crippen LogP contribution >= 0.6 is 0 Å². The second-order valence-electron chi connectivity index (χ2n) is 14.2. The second kappa shape index (κ2) is 14.3. The van der Waals surface area contributed by atoms with Gasteiger partial charge in [0.25, 0.3) is 11.8 Å². The monoisotopic (exact) mass is 692 g/mol. The number of aliphatic hydroxyl groups is 1. The third-order valence-electron chi connectivity index (χ3n) is 10.3. The smallest absolute Gasteiger partial charge is 0.287 e. The molecule has 3 atom stereocenters. The summed E-state index contributed by atoms with van der Waals surface area (Å²) in [7, 11) is 0. The number of carbonyl (C=O) groups excluding carboxylic acids is 5. The Morgan fingerprint density at radius 1 is 1.10 bits per heavy atom. The Kier molecular flexibility index (Phi) is 10.0. The van der Waals surface area contributed by atoms with E-state index in [0.29, 0.717) is 23.1 Å². The summed E-state index contributed by atoms with van der Waals surface area (Å²) in [5, 5.41) is 29.2. The van der Waals surface area contributed by atoms with Gasteiger partial charge in [-0.2, -0.15) is 0 Å². The van der Waals surface area contributed by atoms with Crippen LogP contribution in [0.4, 0.5) is 0 Å². The predicted octanol–water partition coefficient (Wildman–Crippen LogP) is 1.28. The van der Waals surface area contributed by atoms with E-state index >= 15 is 0 Å². The van der Waals surface area contributed by atoms with Crippen LogP contribution in [-0.4, -0.2) is 97.0 Å². The lowest BCUT2D eigenvalue weighted by Gasteiger charge is -2.37. The maximum Gasteiger partial charge on any atom is 0.287 e. The first-order valence-electron chi connectivity index (χ1n) is 17.2. The van der Waals surface area contributed by atoms with Crippen LogP contribution in [0, 0.1) is 5.92 Å². The molecule has 1 aliphatic carbocycles. The van der Waals surface area contributed by atoms with Crippen LogP contribution in [0.1, 0.15) is 93.9 Å². The lowest BCUT2D eigenvalue weighted by Crippen LogP contribution is -2.64. The van der Waals surface area contributed by atoms with Crippen LogP contribution in [0.5, 0.6) is 0 Å². The number of ether oxygens (including phenoxy) is 1. The van der Waals surface area contributed by atoms with Crippen molar-refractivity contribution in [1.29, 1.82) is 0 Å². The number of hydrogen-bond acceptors (Lipinski definition) is 11. The zero-order valence-corrected chi connectivity index (χ0v) is 28.3. The van der Waals surface area contributed by atoms with Gasteiger partial charge in [0.15, 0.2) is 11.3 Å². The minimum absolute atomic E-state index is 0.00678. The number of primary amides is 1. The van der Waals surface area contributed by atoms with E-state index in [2.05, 4.69) is 26.1 Å². The van der Waals surface area contributed by atoms with Crippen LogP contribution in [-0.2, 0) is 29.5 Å². The van der Waals surface area contributed by atoms with E-state index in [-0.39, 0.29) is 50.6 Å². The Morgan fingerprint density at radius 2 is 1.82 bits per heavy atom. The molecule has 0 radical (unpaired) electrons. The second-order valence-corrected chi connectivity index (χ2v) is 14.2. The number of nitrogens with zero attached hydrogens (tertiary/aromatic N) is 5. The highest BCUT2D eigenvalue weighted by atomic mass is 16.5. The van der Waals surface area contributed by atoms with E-state index < -0.39 is 58.7 Å². The Morgan fingerprint density at radius 3 is 2.52 bits per heavy atom. The maximum absolute atomic E-state index is 14.7. The SMILES string of the molecule is CC(C)(O)c1cnnn1[C@H]1C[C@@H](C(=O)NC2(C(=O)C(N)=O)CCOCC2)N(C(=O)[C@@H](CC2CCCCC2)NC(=O)c2noc3ccccc23)C1. The van der Waals surface area contributed by atoms with E-state index in [0.717, 1.165) is 32.1 Å². The molecule has 5 N–H and O–H groups in total. The molecule has 3 aliphatic rings. The summed E-state index contributed by atoms with van der Waals surface area (Å²) in [5.41, 5.74) is 3.33. The van der Waals surface area contributed by atoms with Crippen molar-refractivity contribution in [1.82, 2.24) is 35.7 Å². The molecule has 6 rings (SSSR count). The van der Waals surface area contributed by atoms with Gasteiger partial charge < -0.3 is 35.6 Å². The van der Waals surface area contributed by atoms with Gasteiger partial charge in [-0.05, 0) is 38.3 Å². The van der Waals surface area contributed by atoms with Gasteiger partial charge in [-0.1, -0.05) is 54.6 Å². The molecule has 4 amide bonds. The van der Waals surface area contributed by atoms with Crippen LogP contribution in [0.25, 0.3) is 11.0 Å². The molecule has 2 aliphatic heterocycles. The van der Waals surface area contributed by atoms with Gasteiger partial charge in [0.1, 0.15) is 23.2 Å². The first-order valence-corrected chi connectivity index (χ1v) is 17.2. The fourth-order valence-electron chi connectivity index (χ4n) is 7.57. The summed E-state index contributed by atoms with van der Waals surface area (Å²) in [4.78, 5) is 69.4. The molecule has 3 aromatic rings. The molecular formula is C34H44N8O8. The lowest BCUT2D eigenvalue weighted by atomic mass is 9.84. The van der Waals surface area contributed by atoms with Crippen LogP contribution in [0.2, 0.25) is 0 Å². The molecule has 1 saturated carbocycles. The van der Waals surface area contributed by atoms with Crippen molar-refractivity contribution < 1.29 is 38.3 Å². The van der Waals surface area contributed by atoms with Crippen LogP contribution in [0.15, 0.2) is 35.0 Å². The largest absolute Gasteiger partial charge is 0.384 e. The Hall–Kier alpha value is -4.70. The summed E-state index contributed by atoms with van der Waals surface area (Å²) >= 11 is 0. The van der Waals surface area contributed by atoms with Gasteiger partial charge in [-0.15, -0.1) is 5.10 Å². The number of para-hydroxylation sites is 1. The molecule has 50 heavy (non-hydrogen) atoms. The van der Waals surface area contributed by atoms with Crippen molar-refractivity contribution in [2.45, 2.75) is 101 Å². The number of hydrogen-bond donors (Lipinski definition) is 4. The Labute approximate surface area is 288 Å². The number of ketones is 1. The van der Waals surface area contributed by atoms with Crippen molar-refractivity contribution in [2.24, 2.45) is 11.7 Å². The number of nitrogens with one attached hydrogen (secondary N) is 2. The number of nitrogens with two attached hydrogens (primary N) is 1. The number of Topliss-reactive ketones (excluding diaryl/α,β-unsaturated/α-hetero) is 1. The van der Waals surface area contributed by atoms with E-state index in [1.54, 1.807) is 38.1 Å². The molecule has 268 valence electrons. The average molecular weight is 693 g/mol. The molecule has 0 bridgehead atoms. The Bertz CT molecular complexity index is 1750. The first kappa shape index (κ1) is 35.1. The van der Waals surface area contributed by atoms with Crippen molar-refractivity contribution in [3.63, 3.8) is 0 Å². The number of amides is 4. The summed E-state index contributed by atoms with van der Waals surface area (Å²) in [6, 6.07) is 4.17. The molecule has 2 saturated heterocycles. The number of aromatic nitrogens is 4.